The van der Waals surface area contributed by atoms with Crippen LogP contribution in [0.2, 0.25) is 0 Å². The van der Waals surface area contributed by atoms with Gasteiger partial charge in [0.1, 0.15) is 5.82 Å². The number of carboxylic acid groups (broad SMARTS) is 1. The lowest BCUT2D eigenvalue weighted by atomic mass is 10.1. The van der Waals surface area contributed by atoms with Gasteiger partial charge in [0.2, 0.25) is 0 Å². The lowest BCUT2D eigenvalue weighted by Gasteiger charge is -2.27. The Morgan fingerprint density at radius 2 is 2.06 bits per heavy atom. The molecule has 0 aliphatic heterocycles. The van der Waals surface area contributed by atoms with Crippen molar-refractivity contribution >= 4 is 11.7 Å². The second-order valence-corrected chi connectivity index (χ2v) is 3.89. The van der Waals surface area contributed by atoms with E-state index in [0.29, 0.717) is 0 Å². The van der Waals surface area contributed by atoms with Gasteiger partial charge in [-0.05, 0) is 19.1 Å². The first kappa shape index (κ1) is 12.4. The highest BCUT2D eigenvalue weighted by Crippen LogP contribution is 2.19. The van der Waals surface area contributed by atoms with Crippen LogP contribution in [0.1, 0.15) is 6.92 Å². The normalized spacial score (nSPS) is 14.2. The average Bonchev–Trinajstić information content (AvgIpc) is 2.17. The fourth-order valence-corrected chi connectivity index (χ4v) is 1.38. The molecule has 1 aromatic rings. The molecule has 0 fully saturated rings. The van der Waals surface area contributed by atoms with Gasteiger partial charge in [-0.3, -0.25) is 0 Å². The monoisotopic (exact) mass is 227 g/mol. The molecule has 0 aliphatic carbocycles. The fourth-order valence-electron chi connectivity index (χ4n) is 1.38. The summed E-state index contributed by atoms with van der Waals surface area (Å²) in [5.74, 6) is -1.79. The number of carboxylic acids is 1. The number of benzene rings is 1. The second kappa shape index (κ2) is 4.49. The van der Waals surface area contributed by atoms with E-state index in [4.69, 9.17) is 5.11 Å². The van der Waals surface area contributed by atoms with Crippen LogP contribution in [0.5, 0.6) is 0 Å². The zero-order valence-electron chi connectivity index (χ0n) is 9.14. The Bertz CT molecular complexity index is 393. The van der Waals surface area contributed by atoms with Crippen LogP contribution in [0.15, 0.2) is 24.3 Å². The molecular weight excluding hydrogens is 213 g/mol. The maximum atomic E-state index is 13.3. The Morgan fingerprint density at radius 1 is 1.50 bits per heavy atom. The van der Waals surface area contributed by atoms with Crippen LogP contribution in [-0.2, 0) is 4.79 Å². The SMILES string of the molecule is CN(CC(C)(O)C(=O)O)c1ccccc1F. The molecule has 0 heterocycles. The van der Waals surface area contributed by atoms with Gasteiger partial charge in [0, 0.05) is 7.05 Å². The molecule has 5 heteroatoms. The van der Waals surface area contributed by atoms with E-state index < -0.39 is 17.4 Å². The van der Waals surface area contributed by atoms with Gasteiger partial charge in [0.25, 0.3) is 0 Å². The summed E-state index contributed by atoms with van der Waals surface area (Å²) in [6.07, 6.45) is 0. The smallest absolute Gasteiger partial charge is 0.337 e. The van der Waals surface area contributed by atoms with E-state index in [1.54, 1.807) is 12.1 Å². The zero-order chi connectivity index (χ0) is 12.3. The number of nitrogens with zero attached hydrogens (tertiary/aromatic N) is 1. The fraction of sp³-hybridized carbons (Fsp3) is 0.364. The number of para-hydroxylation sites is 1. The largest absolute Gasteiger partial charge is 0.479 e. The first-order valence-electron chi connectivity index (χ1n) is 4.76. The summed E-state index contributed by atoms with van der Waals surface area (Å²) in [5, 5.41) is 18.3. The van der Waals surface area contributed by atoms with E-state index in [0.717, 1.165) is 0 Å². The molecule has 1 atom stereocenters. The molecule has 0 aliphatic rings. The first-order chi connectivity index (χ1) is 7.34. The van der Waals surface area contributed by atoms with E-state index in [9.17, 15) is 14.3 Å². The summed E-state index contributed by atoms with van der Waals surface area (Å²) in [6, 6.07) is 5.99. The summed E-state index contributed by atoms with van der Waals surface area (Å²) in [7, 11) is 1.52. The number of anilines is 1. The third kappa shape index (κ3) is 2.70. The van der Waals surface area contributed by atoms with Crippen molar-refractivity contribution in [1.29, 1.82) is 0 Å². The molecule has 1 unspecified atom stereocenters. The van der Waals surface area contributed by atoms with Crippen molar-refractivity contribution in [2.24, 2.45) is 0 Å². The molecule has 0 aromatic heterocycles. The number of hydrogen-bond donors (Lipinski definition) is 2. The maximum absolute atomic E-state index is 13.3. The lowest BCUT2D eigenvalue weighted by Crippen LogP contribution is -2.45. The van der Waals surface area contributed by atoms with Crippen LogP contribution in [0.25, 0.3) is 0 Å². The van der Waals surface area contributed by atoms with Gasteiger partial charge < -0.3 is 15.1 Å². The molecule has 0 saturated carbocycles. The van der Waals surface area contributed by atoms with Crippen molar-refractivity contribution in [3.63, 3.8) is 0 Å². The third-order valence-corrected chi connectivity index (χ3v) is 2.27. The number of hydrogen-bond acceptors (Lipinski definition) is 3. The highest BCUT2D eigenvalue weighted by molar-refractivity contribution is 5.77. The average molecular weight is 227 g/mol. The van der Waals surface area contributed by atoms with Crippen LogP contribution in [0.3, 0.4) is 0 Å². The molecule has 1 rings (SSSR count). The van der Waals surface area contributed by atoms with Gasteiger partial charge in [0.15, 0.2) is 5.60 Å². The van der Waals surface area contributed by atoms with Gasteiger partial charge in [-0.15, -0.1) is 0 Å². The highest BCUT2D eigenvalue weighted by Gasteiger charge is 2.31. The predicted molar refractivity (Wildman–Crippen MR) is 57.9 cm³/mol. The number of likely N-dealkylation sites (N-methyl/N-ethyl adjacent to an activating group) is 1. The number of rotatable bonds is 4. The van der Waals surface area contributed by atoms with Crippen LogP contribution in [0.4, 0.5) is 10.1 Å². The number of aliphatic hydroxyl groups is 1. The van der Waals surface area contributed by atoms with Gasteiger partial charge in [-0.25, -0.2) is 9.18 Å². The highest BCUT2D eigenvalue weighted by atomic mass is 19.1. The Morgan fingerprint density at radius 3 is 2.56 bits per heavy atom. The summed E-state index contributed by atoms with van der Waals surface area (Å²) < 4.78 is 13.3. The van der Waals surface area contributed by atoms with Crippen molar-refractivity contribution in [2.75, 3.05) is 18.5 Å². The topological polar surface area (TPSA) is 60.8 Å². The maximum Gasteiger partial charge on any atom is 0.337 e. The number of aliphatic carboxylic acids is 1. The quantitative estimate of drug-likeness (QED) is 0.808. The molecule has 88 valence electrons. The minimum Gasteiger partial charge on any atom is -0.479 e. The van der Waals surface area contributed by atoms with Crippen molar-refractivity contribution in [1.82, 2.24) is 0 Å². The van der Waals surface area contributed by atoms with E-state index in [-0.39, 0.29) is 12.2 Å². The molecule has 4 nitrogen and oxygen atoms in total. The van der Waals surface area contributed by atoms with E-state index in [1.165, 1.54) is 31.0 Å². The minimum absolute atomic E-state index is 0.191. The lowest BCUT2D eigenvalue weighted by molar-refractivity contribution is -0.155. The minimum atomic E-state index is -1.91. The summed E-state index contributed by atoms with van der Waals surface area (Å²) in [5.41, 5.74) is -1.65. The number of carbonyl (C=O) groups is 1. The molecule has 1 aromatic carbocycles. The molecule has 16 heavy (non-hydrogen) atoms. The standard InChI is InChI=1S/C11H14FNO3/c1-11(16,10(14)15)7-13(2)9-6-4-3-5-8(9)12/h3-6,16H,7H2,1-2H3,(H,14,15). The zero-order valence-corrected chi connectivity index (χ0v) is 9.14. The summed E-state index contributed by atoms with van der Waals surface area (Å²) >= 11 is 0. The molecule has 0 spiro atoms. The molecule has 0 amide bonds. The third-order valence-electron chi connectivity index (χ3n) is 2.27. The Hall–Kier alpha value is -1.62. The van der Waals surface area contributed by atoms with Crippen LogP contribution >= 0.6 is 0 Å². The van der Waals surface area contributed by atoms with Crippen molar-refractivity contribution in [2.45, 2.75) is 12.5 Å². The molecular formula is C11H14FNO3. The predicted octanol–water partition coefficient (Wildman–Crippen LogP) is 1.10. The van der Waals surface area contributed by atoms with Gasteiger partial charge in [-0.1, -0.05) is 12.1 Å². The number of halogens is 1. The first-order valence-corrected chi connectivity index (χ1v) is 4.76. The van der Waals surface area contributed by atoms with Crippen LogP contribution in [-0.4, -0.2) is 35.4 Å². The van der Waals surface area contributed by atoms with E-state index in [2.05, 4.69) is 0 Å². The van der Waals surface area contributed by atoms with Crippen LogP contribution in [0, 0.1) is 5.82 Å². The molecule has 0 radical (unpaired) electrons. The summed E-state index contributed by atoms with van der Waals surface area (Å²) in [6.45, 7) is 0.982. The van der Waals surface area contributed by atoms with Gasteiger partial charge >= 0.3 is 5.97 Å². The van der Waals surface area contributed by atoms with Crippen molar-refractivity contribution in [3.05, 3.63) is 30.1 Å². The Labute approximate surface area is 92.9 Å². The second-order valence-electron chi connectivity index (χ2n) is 3.89. The Balaban J connectivity index is 2.85. The van der Waals surface area contributed by atoms with Crippen molar-refractivity contribution in [3.8, 4) is 0 Å². The van der Waals surface area contributed by atoms with Gasteiger partial charge in [-0.2, -0.15) is 0 Å². The van der Waals surface area contributed by atoms with Gasteiger partial charge in [0.05, 0.1) is 12.2 Å². The summed E-state index contributed by atoms with van der Waals surface area (Å²) in [4.78, 5) is 12.1. The van der Waals surface area contributed by atoms with Crippen LogP contribution < -0.4 is 4.90 Å². The van der Waals surface area contributed by atoms with E-state index in [1.807, 2.05) is 0 Å². The Kier molecular flexibility index (Phi) is 3.49. The molecule has 0 bridgehead atoms. The van der Waals surface area contributed by atoms with E-state index >= 15 is 0 Å². The molecule has 2 N–H and O–H groups in total. The van der Waals surface area contributed by atoms with Crippen molar-refractivity contribution < 1.29 is 19.4 Å². The molecule has 0 saturated heterocycles.